The molecule has 1 aliphatic carbocycles. The number of benzene rings is 1. The molecule has 1 fully saturated rings. The Morgan fingerprint density at radius 3 is 2.68 bits per heavy atom. The van der Waals surface area contributed by atoms with Crippen molar-refractivity contribution in [1.29, 1.82) is 0 Å². The van der Waals surface area contributed by atoms with Crippen LogP contribution in [0.5, 0.6) is 0 Å². The van der Waals surface area contributed by atoms with Crippen LogP contribution in [0.15, 0.2) is 42.7 Å². The fourth-order valence-corrected chi connectivity index (χ4v) is 3.14. The van der Waals surface area contributed by atoms with Crippen LogP contribution in [-0.2, 0) is 0 Å². The van der Waals surface area contributed by atoms with Gasteiger partial charge in [-0.25, -0.2) is 4.98 Å². The number of rotatable bonds is 3. The first-order chi connectivity index (χ1) is 10.9. The normalized spacial score (nSPS) is 16.0. The third kappa shape index (κ3) is 2.54. The molecule has 4 rings (SSSR count). The van der Waals surface area contributed by atoms with Gasteiger partial charge in [0.15, 0.2) is 0 Å². The molecule has 112 valence electrons. The van der Waals surface area contributed by atoms with Crippen molar-refractivity contribution in [3.05, 3.63) is 42.7 Å². The summed E-state index contributed by atoms with van der Waals surface area (Å²) in [4.78, 5) is 4.61. The van der Waals surface area contributed by atoms with Gasteiger partial charge in [-0.05, 0) is 12.8 Å². The summed E-state index contributed by atoms with van der Waals surface area (Å²) in [6.07, 6.45) is 8.15. The summed E-state index contributed by atoms with van der Waals surface area (Å²) < 4.78 is 1.93. The molecule has 0 aliphatic heterocycles. The van der Waals surface area contributed by atoms with E-state index in [4.69, 9.17) is 0 Å². The highest BCUT2D eigenvalue weighted by Gasteiger charge is 2.16. The Hall–Kier alpha value is -2.43. The topological polar surface area (TPSA) is 55.1 Å². The Bertz CT molecular complexity index is 759. The van der Waals surface area contributed by atoms with Crippen molar-refractivity contribution in [3.63, 3.8) is 0 Å². The highest BCUT2D eigenvalue weighted by Crippen LogP contribution is 2.25. The highest BCUT2D eigenvalue weighted by molar-refractivity contribution is 5.65. The predicted octanol–water partition coefficient (Wildman–Crippen LogP) is 3.54. The Labute approximate surface area is 129 Å². The summed E-state index contributed by atoms with van der Waals surface area (Å²) in [5.41, 5.74) is 2.03. The van der Waals surface area contributed by atoms with Gasteiger partial charge in [-0.1, -0.05) is 49.6 Å². The lowest BCUT2D eigenvalue weighted by atomic mass is 9.95. The van der Waals surface area contributed by atoms with Crippen LogP contribution in [0.2, 0.25) is 0 Å². The summed E-state index contributed by atoms with van der Waals surface area (Å²) in [5.74, 6) is 1.67. The molecule has 1 aliphatic rings. The zero-order chi connectivity index (χ0) is 14.8. The van der Waals surface area contributed by atoms with Gasteiger partial charge in [0, 0.05) is 17.7 Å². The Kier molecular flexibility index (Phi) is 3.46. The third-order valence-electron chi connectivity index (χ3n) is 4.31. The summed E-state index contributed by atoms with van der Waals surface area (Å²) in [5, 5.41) is 11.8. The van der Waals surface area contributed by atoms with E-state index in [2.05, 4.69) is 38.7 Å². The van der Waals surface area contributed by atoms with Gasteiger partial charge in [-0.3, -0.25) is 4.40 Å². The molecule has 5 nitrogen and oxygen atoms in total. The SMILES string of the molecule is c1ccc(-c2cc(NC3CCCCC3)n3cnnc3n2)cc1. The first-order valence-electron chi connectivity index (χ1n) is 7.93. The van der Waals surface area contributed by atoms with Crippen LogP contribution in [0, 0.1) is 0 Å². The number of nitrogens with one attached hydrogen (secondary N) is 1. The first kappa shape index (κ1) is 13.2. The van der Waals surface area contributed by atoms with E-state index in [-0.39, 0.29) is 0 Å². The largest absolute Gasteiger partial charge is 0.368 e. The highest BCUT2D eigenvalue weighted by atomic mass is 15.3. The summed E-state index contributed by atoms with van der Waals surface area (Å²) in [6.45, 7) is 0. The number of nitrogens with zero attached hydrogens (tertiary/aromatic N) is 4. The number of anilines is 1. The Morgan fingerprint density at radius 1 is 1.05 bits per heavy atom. The first-order valence-corrected chi connectivity index (χ1v) is 7.93. The van der Waals surface area contributed by atoms with Crippen molar-refractivity contribution in [3.8, 4) is 11.3 Å². The molecule has 22 heavy (non-hydrogen) atoms. The maximum absolute atomic E-state index is 4.61. The molecule has 2 heterocycles. The van der Waals surface area contributed by atoms with Crippen molar-refractivity contribution in [1.82, 2.24) is 19.6 Å². The molecule has 0 bridgehead atoms. The van der Waals surface area contributed by atoms with E-state index in [0.29, 0.717) is 11.8 Å². The lowest BCUT2D eigenvalue weighted by Gasteiger charge is -2.24. The van der Waals surface area contributed by atoms with Gasteiger partial charge in [0.05, 0.1) is 5.69 Å². The van der Waals surface area contributed by atoms with Gasteiger partial charge in [0.25, 0.3) is 5.78 Å². The molecule has 0 unspecified atom stereocenters. The second-order valence-electron chi connectivity index (χ2n) is 5.87. The lowest BCUT2D eigenvalue weighted by molar-refractivity contribution is 0.461. The molecule has 0 spiro atoms. The smallest absolute Gasteiger partial charge is 0.256 e. The molecule has 1 N–H and O–H groups in total. The second-order valence-corrected chi connectivity index (χ2v) is 5.87. The Balaban J connectivity index is 1.74. The molecule has 0 radical (unpaired) electrons. The van der Waals surface area contributed by atoms with Gasteiger partial charge in [0.2, 0.25) is 0 Å². The standard InChI is InChI=1S/C17H19N5/c1-3-7-13(8-4-1)15-11-16(19-14-9-5-2-6-10-14)22-12-18-21-17(22)20-15/h1,3-4,7-8,11-12,14,19H,2,5-6,9-10H2. The third-order valence-corrected chi connectivity index (χ3v) is 4.31. The number of hydrogen-bond acceptors (Lipinski definition) is 4. The number of aromatic nitrogens is 4. The maximum atomic E-state index is 4.61. The van der Waals surface area contributed by atoms with Crippen molar-refractivity contribution < 1.29 is 0 Å². The molecule has 1 saturated carbocycles. The van der Waals surface area contributed by atoms with E-state index in [1.807, 2.05) is 22.6 Å². The van der Waals surface area contributed by atoms with E-state index in [1.165, 1.54) is 32.1 Å². The Morgan fingerprint density at radius 2 is 1.86 bits per heavy atom. The van der Waals surface area contributed by atoms with Crippen LogP contribution in [0.4, 0.5) is 5.82 Å². The van der Waals surface area contributed by atoms with Crippen LogP contribution in [-0.4, -0.2) is 25.6 Å². The van der Waals surface area contributed by atoms with Gasteiger partial charge in [-0.15, -0.1) is 10.2 Å². The zero-order valence-electron chi connectivity index (χ0n) is 12.4. The van der Waals surface area contributed by atoms with Crippen molar-refractivity contribution >= 4 is 11.6 Å². The van der Waals surface area contributed by atoms with E-state index >= 15 is 0 Å². The fraction of sp³-hybridized carbons (Fsp3) is 0.353. The minimum Gasteiger partial charge on any atom is -0.368 e. The van der Waals surface area contributed by atoms with E-state index in [1.54, 1.807) is 6.33 Å². The van der Waals surface area contributed by atoms with Crippen LogP contribution in [0.25, 0.3) is 17.0 Å². The monoisotopic (exact) mass is 293 g/mol. The minimum absolute atomic E-state index is 0.533. The number of fused-ring (bicyclic) bond motifs is 1. The molecule has 2 aromatic heterocycles. The zero-order valence-corrected chi connectivity index (χ0v) is 12.4. The van der Waals surface area contributed by atoms with E-state index < -0.39 is 0 Å². The molecule has 0 atom stereocenters. The molecule has 3 aromatic rings. The summed E-state index contributed by atoms with van der Waals surface area (Å²) in [7, 11) is 0. The summed E-state index contributed by atoms with van der Waals surface area (Å²) in [6, 6.07) is 12.8. The average molecular weight is 293 g/mol. The van der Waals surface area contributed by atoms with Crippen LogP contribution >= 0.6 is 0 Å². The molecule has 0 saturated heterocycles. The van der Waals surface area contributed by atoms with E-state index in [0.717, 1.165) is 17.1 Å². The van der Waals surface area contributed by atoms with Gasteiger partial charge < -0.3 is 5.32 Å². The predicted molar refractivity (Wildman–Crippen MR) is 86.7 cm³/mol. The average Bonchev–Trinajstić information content (AvgIpc) is 3.05. The fourth-order valence-electron chi connectivity index (χ4n) is 3.14. The van der Waals surface area contributed by atoms with Crippen molar-refractivity contribution in [2.75, 3.05) is 5.32 Å². The van der Waals surface area contributed by atoms with Crippen molar-refractivity contribution in [2.45, 2.75) is 38.1 Å². The van der Waals surface area contributed by atoms with Gasteiger partial charge in [-0.2, -0.15) is 0 Å². The van der Waals surface area contributed by atoms with Crippen LogP contribution in [0.3, 0.4) is 0 Å². The summed E-state index contributed by atoms with van der Waals surface area (Å²) >= 11 is 0. The quantitative estimate of drug-likeness (QED) is 0.802. The number of hydrogen-bond donors (Lipinski definition) is 1. The molecule has 5 heteroatoms. The van der Waals surface area contributed by atoms with E-state index in [9.17, 15) is 0 Å². The van der Waals surface area contributed by atoms with Crippen molar-refractivity contribution in [2.24, 2.45) is 0 Å². The second kappa shape index (κ2) is 5.75. The van der Waals surface area contributed by atoms with Crippen LogP contribution < -0.4 is 5.32 Å². The van der Waals surface area contributed by atoms with Crippen LogP contribution in [0.1, 0.15) is 32.1 Å². The van der Waals surface area contributed by atoms with Gasteiger partial charge >= 0.3 is 0 Å². The molecular weight excluding hydrogens is 274 g/mol. The molecule has 0 amide bonds. The molecular formula is C17H19N5. The van der Waals surface area contributed by atoms with Gasteiger partial charge in [0.1, 0.15) is 12.1 Å². The lowest BCUT2D eigenvalue weighted by Crippen LogP contribution is -2.23. The molecule has 1 aromatic carbocycles. The maximum Gasteiger partial charge on any atom is 0.256 e. The minimum atomic E-state index is 0.533.